The zero-order chi connectivity index (χ0) is 24.4. The summed E-state index contributed by atoms with van der Waals surface area (Å²) in [5.74, 6) is -1.82. The average Bonchev–Trinajstić information content (AvgIpc) is 2.72. The number of benzene rings is 2. The summed E-state index contributed by atoms with van der Waals surface area (Å²) in [7, 11) is 0. The minimum atomic E-state index is -4.86. The van der Waals surface area contributed by atoms with Gasteiger partial charge in [-0.2, -0.15) is 23.7 Å². The number of halogens is 3. The van der Waals surface area contributed by atoms with Crippen LogP contribution in [0.2, 0.25) is 0 Å². The average molecular weight is 393 g/mol. The molecule has 1 amide bonds. The number of amides is 1. The van der Waals surface area contributed by atoms with Crippen molar-refractivity contribution in [1.29, 1.82) is 10.5 Å². The lowest BCUT2D eigenvalue weighted by atomic mass is 10.1. The summed E-state index contributed by atoms with van der Waals surface area (Å²) in [5.41, 5.74) is -5.18. The van der Waals surface area contributed by atoms with Crippen LogP contribution >= 0.6 is 0 Å². The molecule has 0 aliphatic rings. The van der Waals surface area contributed by atoms with Crippen LogP contribution in [0.3, 0.4) is 0 Å². The van der Waals surface area contributed by atoms with Crippen molar-refractivity contribution < 1.29 is 33.3 Å². The first-order valence-electron chi connectivity index (χ1n) is 9.53. The molecule has 0 aliphatic heterocycles. The van der Waals surface area contributed by atoms with Gasteiger partial charge in [0.2, 0.25) is 0 Å². The van der Waals surface area contributed by atoms with Crippen LogP contribution in [0.15, 0.2) is 42.4 Å². The second-order valence-electron chi connectivity index (χ2n) is 5.70. The number of nitrogens with zero attached hydrogens (tertiary/aromatic N) is 2. The van der Waals surface area contributed by atoms with E-state index in [4.69, 9.17) is 20.7 Å². The lowest BCUT2D eigenvalue weighted by molar-refractivity contribution is -0.138. The molecule has 0 fully saturated rings. The molecule has 0 aliphatic carbocycles. The van der Waals surface area contributed by atoms with Gasteiger partial charge in [0.1, 0.15) is 12.4 Å². The van der Waals surface area contributed by atoms with Crippen LogP contribution in [-0.4, -0.2) is 23.2 Å². The largest absolute Gasteiger partial charge is 0.490 e. The van der Waals surface area contributed by atoms with Gasteiger partial charge in [0.25, 0.3) is 5.91 Å². The molecule has 9 heteroatoms. The predicted octanol–water partition coefficient (Wildman–Crippen LogP) is 3.22. The maximum Gasteiger partial charge on any atom is 0.417 e. The molecule has 28 heavy (non-hydrogen) atoms. The topological polar surface area (TPSA) is 106 Å². The van der Waals surface area contributed by atoms with Crippen molar-refractivity contribution in [3.8, 4) is 17.9 Å². The molecule has 0 saturated carbocycles. The first kappa shape index (κ1) is 15.5. The zero-order valence-corrected chi connectivity index (χ0v) is 14.2. The number of carbonyl (C=O) groups is 1. The molecule has 0 heterocycles. The molecular weight excluding hydrogens is 375 g/mol. The van der Waals surface area contributed by atoms with Gasteiger partial charge >= 0.3 is 6.18 Å². The fraction of sp³-hybridized carbons (Fsp3) is 0.211. The Morgan fingerprint density at radius 2 is 1.89 bits per heavy atom. The van der Waals surface area contributed by atoms with Gasteiger partial charge in [-0.3, -0.25) is 4.79 Å². The molecule has 2 aromatic carbocycles. The van der Waals surface area contributed by atoms with E-state index in [9.17, 15) is 23.1 Å². The van der Waals surface area contributed by atoms with Gasteiger partial charge in [0.05, 0.1) is 34.3 Å². The Balaban J connectivity index is 2.25. The van der Waals surface area contributed by atoms with Crippen LogP contribution in [0.5, 0.6) is 5.75 Å². The van der Waals surface area contributed by atoms with Gasteiger partial charge in [-0.05, 0) is 49.3 Å². The molecule has 1 atom stereocenters. The third-order valence-electron chi connectivity index (χ3n) is 3.40. The van der Waals surface area contributed by atoms with E-state index in [0.717, 1.165) is 19.1 Å². The van der Waals surface area contributed by atoms with Crippen molar-refractivity contribution in [3.63, 3.8) is 0 Å². The van der Waals surface area contributed by atoms with Crippen LogP contribution in [-0.2, 0) is 11.0 Å². The number of ether oxygens (including phenoxy) is 1. The number of nitrogens with one attached hydrogen (secondary N) is 1. The Morgan fingerprint density at radius 1 is 1.25 bits per heavy atom. The van der Waals surface area contributed by atoms with Crippen LogP contribution in [0.1, 0.15) is 29.1 Å². The number of nitriles is 2. The normalized spacial score (nSPS) is 15.0. The monoisotopic (exact) mass is 393 g/mol. The molecule has 144 valence electrons. The fourth-order valence-electron chi connectivity index (χ4n) is 1.93. The SMILES string of the molecule is [2H]c1c([2H])c(OC[C@](C)(O)C(=O)Nc2ccc(C#N)c(C(F)(F)F)c2)c([2H])c([2H])c1C#N. The predicted molar refractivity (Wildman–Crippen MR) is 92.1 cm³/mol. The number of anilines is 1. The number of rotatable bonds is 5. The van der Waals surface area contributed by atoms with Crippen LogP contribution in [0.4, 0.5) is 18.9 Å². The first-order valence-corrected chi connectivity index (χ1v) is 7.53. The number of carbonyl (C=O) groups excluding carboxylic acids is 1. The minimum Gasteiger partial charge on any atom is -0.490 e. The quantitative estimate of drug-likeness (QED) is 0.811. The van der Waals surface area contributed by atoms with Gasteiger partial charge in [-0.1, -0.05) is 0 Å². The Labute approximate surface area is 164 Å². The molecule has 2 aromatic rings. The summed E-state index contributed by atoms with van der Waals surface area (Å²) in [6.45, 7) is 0.0700. The van der Waals surface area contributed by atoms with Gasteiger partial charge in [0.15, 0.2) is 5.60 Å². The summed E-state index contributed by atoms with van der Waals surface area (Å²) in [5, 5.41) is 30.2. The number of hydrogen-bond donors (Lipinski definition) is 2. The van der Waals surface area contributed by atoms with E-state index in [-0.39, 0.29) is 5.69 Å². The van der Waals surface area contributed by atoms with Crippen LogP contribution in [0, 0.1) is 22.7 Å². The third-order valence-corrected chi connectivity index (χ3v) is 3.40. The molecule has 0 aromatic heterocycles. The molecule has 0 bridgehead atoms. The summed E-state index contributed by atoms with van der Waals surface area (Å²) in [4.78, 5) is 12.4. The second kappa shape index (κ2) is 7.99. The Hall–Kier alpha value is -3.56. The highest BCUT2D eigenvalue weighted by Gasteiger charge is 2.35. The number of hydrogen-bond acceptors (Lipinski definition) is 5. The highest BCUT2D eigenvalue weighted by Crippen LogP contribution is 2.33. The van der Waals surface area contributed by atoms with Crippen molar-refractivity contribution in [3.05, 3.63) is 59.1 Å². The molecule has 0 spiro atoms. The molecule has 2 rings (SSSR count). The highest BCUT2D eigenvalue weighted by atomic mass is 19.4. The van der Waals surface area contributed by atoms with Crippen LogP contribution in [0.25, 0.3) is 0 Å². The Morgan fingerprint density at radius 3 is 2.43 bits per heavy atom. The van der Waals surface area contributed by atoms with Crippen molar-refractivity contribution in [2.45, 2.75) is 18.7 Å². The van der Waals surface area contributed by atoms with E-state index in [1.54, 1.807) is 0 Å². The molecule has 0 saturated heterocycles. The van der Waals surface area contributed by atoms with Crippen molar-refractivity contribution >= 4 is 11.6 Å². The van der Waals surface area contributed by atoms with Gasteiger partial charge in [0, 0.05) is 5.69 Å². The minimum absolute atomic E-state index is 0.357. The Bertz CT molecular complexity index is 1140. The first-order chi connectivity index (χ1) is 14.7. The van der Waals surface area contributed by atoms with Crippen molar-refractivity contribution in [1.82, 2.24) is 0 Å². The van der Waals surface area contributed by atoms with E-state index >= 15 is 0 Å². The maximum atomic E-state index is 13.1. The van der Waals surface area contributed by atoms with Gasteiger partial charge < -0.3 is 15.2 Å². The molecule has 0 unspecified atom stereocenters. The fourth-order valence-corrected chi connectivity index (χ4v) is 1.93. The summed E-state index contributed by atoms with van der Waals surface area (Å²) < 4.78 is 75.3. The van der Waals surface area contributed by atoms with Crippen molar-refractivity contribution in [2.75, 3.05) is 11.9 Å². The highest BCUT2D eigenvalue weighted by molar-refractivity contribution is 5.97. The second-order valence-corrected chi connectivity index (χ2v) is 5.70. The van der Waals surface area contributed by atoms with Crippen LogP contribution < -0.4 is 10.1 Å². The lowest BCUT2D eigenvalue weighted by Crippen LogP contribution is -2.45. The maximum absolute atomic E-state index is 13.1. The summed E-state index contributed by atoms with van der Waals surface area (Å²) in [6, 6.07) is 2.56. The molecular formula is C19H14F3N3O3. The third kappa shape index (κ3) is 5.00. The van der Waals surface area contributed by atoms with E-state index in [1.807, 2.05) is 0 Å². The van der Waals surface area contributed by atoms with Gasteiger partial charge in [-0.15, -0.1) is 0 Å². The van der Waals surface area contributed by atoms with Crippen molar-refractivity contribution in [2.24, 2.45) is 0 Å². The molecule has 6 nitrogen and oxygen atoms in total. The number of alkyl halides is 3. The summed E-state index contributed by atoms with van der Waals surface area (Å²) >= 11 is 0. The number of aliphatic hydroxyl groups is 1. The van der Waals surface area contributed by atoms with E-state index in [2.05, 4.69) is 5.32 Å². The van der Waals surface area contributed by atoms with Gasteiger partial charge in [-0.25, -0.2) is 0 Å². The van der Waals surface area contributed by atoms with E-state index in [1.165, 1.54) is 12.1 Å². The van der Waals surface area contributed by atoms with E-state index in [0.29, 0.717) is 6.07 Å². The Kier molecular flexibility index (Phi) is 4.42. The standard InChI is InChI=1S/C19H14F3N3O3/c1-18(27,11-28-15-6-2-12(9-23)3-7-15)17(26)25-14-5-4-13(10-24)16(8-14)19(20,21)22/h2-8,27H,11H2,1H3,(H,25,26)/t18-/m0/s1/i2D,3D,6D,7D. The summed E-state index contributed by atoms with van der Waals surface area (Å²) in [6.07, 6.45) is -4.86. The molecule has 2 N–H and O–H groups in total. The van der Waals surface area contributed by atoms with E-state index < -0.39 is 70.9 Å². The smallest absolute Gasteiger partial charge is 0.417 e. The lowest BCUT2D eigenvalue weighted by Gasteiger charge is -2.23. The molecule has 0 radical (unpaired) electrons. The zero-order valence-electron chi connectivity index (χ0n) is 18.2.